The molecular weight excluding hydrogens is 206 g/mol. The van der Waals surface area contributed by atoms with Crippen molar-refractivity contribution in [2.75, 3.05) is 7.11 Å². The van der Waals surface area contributed by atoms with Gasteiger partial charge >= 0.3 is 0 Å². The fourth-order valence-electron chi connectivity index (χ4n) is 1.42. The number of ether oxygens (including phenoxy) is 1. The first kappa shape index (κ1) is 10.4. The van der Waals surface area contributed by atoms with Crippen molar-refractivity contribution in [1.29, 1.82) is 0 Å². The van der Waals surface area contributed by atoms with E-state index in [2.05, 4.69) is 10.1 Å². The zero-order valence-electron chi connectivity index (χ0n) is 9.04. The molecule has 0 bridgehead atoms. The van der Waals surface area contributed by atoms with Gasteiger partial charge in [0, 0.05) is 6.07 Å². The largest absolute Gasteiger partial charge is 0.481 e. The number of rotatable bonds is 3. The molecule has 2 aromatic rings. The first-order valence-corrected chi connectivity index (χ1v) is 4.76. The maximum absolute atomic E-state index is 10.7. The third-order valence-electron chi connectivity index (χ3n) is 2.35. The highest BCUT2D eigenvalue weighted by Gasteiger charge is 2.07. The van der Waals surface area contributed by atoms with Crippen molar-refractivity contribution in [3.63, 3.8) is 0 Å². The second-order valence-electron chi connectivity index (χ2n) is 3.27. The second-order valence-corrected chi connectivity index (χ2v) is 3.27. The molecule has 0 aliphatic rings. The Morgan fingerprint density at radius 1 is 1.38 bits per heavy atom. The number of carbonyl (C=O) groups is 1. The summed E-state index contributed by atoms with van der Waals surface area (Å²) >= 11 is 0. The Morgan fingerprint density at radius 3 is 2.69 bits per heavy atom. The summed E-state index contributed by atoms with van der Waals surface area (Å²) in [5.41, 5.74) is 2.17. The number of methoxy groups -OCH3 is 1. The van der Waals surface area contributed by atoms with E-state index in [1.807, 2.05) is 13.0 Å². The van der Waals surface area contributed by atoms with Crippen molar-refractivity contribution in [3.05, 3.63) is 35.8 Å². The quantitative estimate of drug-likeness (QED) is 0.729. The molecule has 5 nitrogen and oxygen atoms in total. The molecule has 16 heavy (non-hydrogen) atoms. The van der Waals surface area contributed by atoms with Gasteiger partial charge in [-0.05, 0) is 13.0 Å². The maximum atomic E-state index is 10.7. The summed E-state index contributed by atoms with van der Waals surface area (Å²) in [5.74, 6) is 0.546. The molecule has 0 aliphatic heterocycles. The lowest BCUT2D eigenvalue weighted by atomic mass is 10.3. The summed E-state index contributed by atoms with van der Waals surface area (Å²) in [5, 5.41) is 4.12. The Hall–Kier alpha value is -2.17. The number of nitrogens with zero attached hydrogens (tertiary/aromatic N) is 3. The Bertz CT molecular complexity index is 502. The van der Waals surface area contributed by atoms with E-state index in [9.17, 15) is 4.79 Å². The Balaban J connectivity index is 2.42. The van der Waals surface area contributed by atoms with Crippen LogP contribution in [0.2, 0.25) is 0 Å². The lowest BCUT2D eigenvalue weighted by Gasteiger charge is -2.04. The Morgan fingerprint density at radius 2 is 2.19 bits per heavy atom. The molecule has 0 radical (unpaired) electrons. The van der Waals surface area contributed by atoms with Gasteiger partial charge in [-0.3, -0.25) is 4.79 Å². The van der Waals surface area contributed by atoms with E-state index in [4.69, 9.17) is 4.74 Å². The molecule has 0 N–H and O–H groups in total. The highest BCUT2D eigenvalue weighted by Crippen LogP contribution is 2.14. The molecule has 2 heterocycles. The lowest BCUT2D eigenvalue weighted by molar-refractivity contribution is 0.112. The van der Waals surface area contributed by atoms with E-state index in [-0.39, 0.29) is 0 Å². The standard InChI is InChI=1S/C11H11N3O2/c1-8-9(7-15)5-13-14(8)10-3-4-11(16-2)12-6-10/h3-7H,1-2H3. The van der Waals surface area contributed by atoms with Crippen LogP contribution in [0, 0.1) is 6.92 Å². The average molecular weight is 217 g/mol. The minimum Gasteiger partial charge on any atom is -0.481 e. The number of carbonyl (C=O) groups excluding carboxylic acids is 1. The van der Waals surface area contributed by atoms with Gasteiger partial charge < -0.3 is 4.74 Å². The highest BCUT2D eigenvalue weighted by molar-refractivity contribution is 5.76. The SMILES string of the molecule is COc1ccc(-n2ncc(C=O)c2C)cn1. The summed E-state index contributed by atoms with van der Waals surface area (Å²) in [6.45, 7) is 1.83. The summed E-state index contributed by atoms with van der Waals surface area (Å²) < 4.78 is 6.63. The van der Waals surface area contributed by atoms with Crippen molar-refractivity contribution in [3.8, 4) is 11.6 Å². The van der Waals surface area contributed by atoms with Gasteiger partial charge in [0.05, 0.1) is 36.4 Å². The molecule has 2 aromatic heterocycles. The van der Waals surface area contributed by atoms with Gasteiger partial charge in [-0.1, -0.05) is 0 Å². The molecule has 82 valence electrons. The van der Waals surface area contributed by atoms with Gasteiger partial charge in [-0.15, -0.1) is 0 Å². The topological polar surface area (TPSA) is 57.0 Å². The molecule has 0 fully saturated rings. The van der Waals surface area contributed by atoms with Crippen LogP contribution in [0.25, 0.3) is 5.69 Å². The second kappa shape index (κ2) is 4.14. The van der Waals surface area contributed by atoms with Crippen LogP contribution in [0.5, 0.6) is 5.88 Å². The normalized spacial score (nSPS) is 10.1. The smallest absolute Gasteiger partial charge is 0.213 e. The molecule has 0 atom stereocenters. The molecule has 0 aromatic carbocycles. The molecule has 0 saturated heterocycles. The van der Waals surface area contributed by atoms with Crippen LogP contribution in [0.1, 0.15) is 16.1 Å². The predicted octanol–water partition coefficient (Wildman–Crippen LogP) is 1.40. The molecule has 0 unspecified atom stereocenters. The van der Waals surface area contributed by atoms with Gasteiger partial charge in [0.2, 0.25) is 5.88 Å². The van der Waals surface area contributed by atoms with Crippen LogP contribution >= 0.6 is 0 Å². The number of hydrogen-bond donors (Lipinski definition) is 0. The van der Waals surface area contributed by atoms with Crippen LogP contribution in [0.3, 0.4) is 0 Å². The number of aromatic nitrogens is 3. The van der Waals surface area contributed by atoms with Gasteiger partial charge in [0.1, 0.15) is 0 Å². The third-order valence-corrected chi connectivity index (χ3v) is 2.35. The van der Waals surface area contributed by atoms with Crippen LogP contribution in [-0.4, -0.2) is 28.2 Å². The highest BCUT2D eigenvalue weighted by atomic mass is 16.5. The van der Waals surface area contributed by atoms with Crippen LogP contribution in [0.4, 0.5) is 0 Å². The molecule has 0 amide bonds. The van der Waals surface area contributed by atoms with Crippen molar-refractivity contribution in [2.45, 2.75) is 6.92 Å². The molecule has 2 rings (SSSR count). The average Bonchev–Trinajstić information content (AvgIpc) is 2.70. The van der Waals surface area contributed by atoms with E-state index in [1.165, 1.54) is 6.20 Å². The van der Waals surface area contributed by atoms with Gasteiger partial charge in [0.25, 0.3) is 0 Å². The van der Waals surface area contributed by atoms with Crippen molar-refractivity contribution < 1.29 is 9.53 Å². The maximum Gasteiger partial charge on any atom is 0.213 e. The van der Waals surface area contributed by atoms with E-state index in [0.717, 1.165) is 17.7 Å². The monoisotopic (exact) mass is 217 g/mol. The van der Waals surface area contributed by atoms with E-state index < -0.39 is 0 Å². The summed E-state index contributed by atoms with van der Waals surface area (Å²) in [7, 11) is 1.56. The Kier molecular flexibility index (Phi) is 2.68. The summed E-state index contributed by atoms with van der Waals surface area (Å²) in [6, 6.07) is 3.58. The van der Waals surface area contributed by atoms with E-state index in [0.29, 0.717) is 11.4 Å². The first-order valence-electron chi connectivity index (χ1n) is 4.76. The fraction of sp³-hybridized carbons (Fsp3) is 0.182. The van der Waals surface area contributed by atoms with Gasteiger partial charge in [-0.2, -0.15) is 5.10 Å². The molecule has 0 saturated carbocycles. The first-order chi connectivity index (χ1) is 7.76. The Labute approximate surface area is 92.7 Å². The minimum absolute atomic E-state index is 0.546. The van der Waals surface area contributed by atoms with E-state index in [1.54, 1.807) is 24.1 Å². The van der Waals surface area contributed by atoms with Crippen LogP contribution < -0.4 is 4.74 Å². The van der Waals surface area contributed by atoms with Gasteiger partial charge in [-0.25, -0.2) is 9.67 Å². The molecule has 0 aliphatic carbocycles. The number of aldehydes is 1. The van der Waals surface area contributed by atoms with Crippen molar-refractivity contribution in [1.82, 2.24) is 14.8 Å². The van der Waals surface area contributed by atoms with Crippen LogP contribution in [0.15, 0.2) is 24.5 Å². The third kappa shape index (κ3) is 1.67. The van der Waals surface area contributed by atoms with Gasteiger partial charge in [0.15, 0.2) is 6.29 Å². The van der Waals surface area contributed by atoms with Crippen molar-refractivity contribution in [2.24, 2.45) is 0 Å². The molecular formula is C11H11N3O2. The summed E-state index contributed by atoms with van der Waals surface area (Å²) in [4.78, 5) is 14.8. The van der Waals surface area contributed by atoms with Crippen molar-refractivity contribution >= 4 is 6.29 Å². The molecule has 5 heteroatoms. The number of pyridine rings is 1. The fourth-order valence-corrected chi connectivity index (χ4v) is 1.42. The number of hydrogen-bond acceptors (Lipinski definition) is 4. The predicted molar refractivity (Wildman–Crippen MR) is 58.0 cm³/mol. The lowest BCUT2D eigenvalue weighted by Crippen LogP contribution is -2.00. The van der Waals surface area contributed by atoms with Crippen LogP contribution in [-0.2, 0) is 0 Å². The van der Waals surface area contributed by atoms with E-state index >= 15 is 0 Å². The molecule has 0 spiro atoms. The zero-order valence-corrected chi connectivity index (χ0v) is 9.04. The summed E-state index contributed by atoms with van der Waals surface area (Å²) in [6.07, 6.45) is 3.97. The minimum atomic E-state index is 0.546. The zero-order chi connectivity index (χ0) is 11.5.